The summed E-state index contributed by atoms with van der Waals surface area (Å²) in [6.45, 7) is 1.27. The maximum Gasteiger partial charge on any atom is 0.255 e. The molecule has 4 rings (SSSR count). The van der Waals surface area contributed by atoms with Gasteiger partial charge in [0.05, 0.1) is 17.5 Å². The van der Waals surface area contributed by atoms with Crippen LogP contribution < -0.4 is 0 Å². The lowest BCUT2D eigenvalue weighted by Gasteiger charge is -2.47. The van der Waals surface area contributed by atoms with Gasteiger partial charge in [-0.15, -0.1) is 0 Å². The molecule has 2 aromatic rings. The minimum absolute atomic E-state index is 0.00215. The number of pyridine rings is 1. The van der Waals surface area contributed by atoms with Crippen LogP contribution in [0.15, 0.2) is 18.6 Å². The van der Waals surface area contributed by atoms with Gasteiger partial charge in [0.15, 0.2) is 5.65 Å². The van der Waals surface area contributed by atoms with E-state index in [0.29, 0.717) is 25.1 Å². The molecule has 1 saturated carbocycles. The number of hydrogen-bond acceptors (Lipinski definition) is 4. The van der Waals surface area contributed by atoms with Crippen molar-refractivity contribution in [2.24, 2.45) is 13.0 Å². The number of aromatic nitrogens is 3. The van der Waals surface area contributed by atoms with Gasteiger partial charge in [0.25, 0.3) is 5.91 Å². The van der Waals surface area contributed by atoms with Crippen molar-refractivity contribution in [2.75, 3.05) is 13.1 Å². The summed E-state index contributed by atoms with van der Waals surface area (Å²) in [6, 6.07) is 1.81. The Kier molecular flexibility index (Phi) is 3.37. The van der Waals surface area contributed by atoms with E-state index >= 15 is 0 Å². The number of aliphatic hydroxyl groups is 1. The number of aryl methyl sites for hydroxylation is 1. The molecular weight excluding hydrogens is 292 g/mol. The van der Waals surface area contributed by atoms with Crippen molar-refractivity contribution in [1.29, 1.82) is 0 Å². The Hall–Kier alpha value is -1.95. The van der Waals surface area contributed by atoms with Gasteiger partial charge in [-0.1, -0.05) is 12.8 Å². The molecule has 0 spiro atoms. The third-order valence-corrected chi connectivity index (χ3v) is 5.51. The maximum atomic E-state index is 12.8. The summed E-state index contributed by atoms with van der Waals surface area (Å²) in [5.41, 5.74) is 1.54. The Balaban J connectivity index is 1.56. The quantitative estimate of drug-likeness (QED) is 0.870. The first-order valence-corrected chi connectivity index (χ1v) is 8.35. The normalized spacial score (nSPS) is 27.9. The molecule has 1 saturated heterocycles. The molecule has 0 radical (unpaired) electrons. The predicted octanol–water partition coefficient (Wildman–Crippen LogP) is 1.74. The summed E-state index contributed by atoms with van der Waals surface area (Å²) < 4.78 is 1.84. The molecule has 122 valence electrons. The number of hydrogen-bond donors (Lipinski definition) is 1. The SMILES string of the molecule is Cn1cnc2cc(C(=O)N3CCC4(O)CCCCC4C3)cnc21. The molecule has 1 aliphatic heterocycles. The van der Waals surface area contributed by atoms with Gasteiger partial charge in [-0.25, -0.2) is 9.97 Å². The molecule has 1 aliphatic carbocycles. The number of fused-ring (bicyclic) bond motifs is 2. The summed E-state index contributed by atoms with van der Waals surface area (Å²) >= 11 is 0. The first-order chi connectivity index (χ1) is 11.1. The Labute approximate surface area is 135 Å². The van der Waals surface area contributed by atoms with Gasteiger partial charge in [0.2, 0.25) is 0 Å². The van der Waals surface area contributed by atoms with E-state index in [-0.39, 0.29) is 11.8 Å². The average Bonchev–Trinajstić information content (AvgIpc) is 2.94. The highest BCUT2D eigenvalue weighted by molar-refractivity contribution is 5.96. The van der Waals surface area contributed by atoms with Crippen molar-refractivity contribution in [3.05, 3.63) is 24.2 Å². The van der Waals surface area contributed by atoms with E-state index in [1.165, 1.54) is 0 Å². The minimum Gasteiger partial charge on any atom is -0.389 e. The van der Waals surface area contributed by atoms with Gasteiger partial charge in [0.1, 0.15) is 5.52 Å². The second-order valence-corrected chi connectivity index (χ2v) is 6.97. The fourth-order valence-electron chi connectivity index (χ4n) is 4.07. The van der Waals surface area contributed by atoms with Crippen LogP contribution in [-0.4, -0.2) is 49.1 Å². The molecule has 2 unspecified atom stereocenters. The molecule has 2 aromatic heterocycles. The lowest BCUT2D eigenvalue weighted by molar-refractivity contribution is -0.0886. The average molecular weight is 314 g/mol. The Bertz CT molecular complexity index is 756. The standard InChI is InChI=1S/C17H22N4O2/c1-20-11-19-14-8-12(9-18-15(14)20)16(22)21-7-6-17(23)5-3-2-4-13(17)10-21/h8-9,11,13,23H,2-7,10H2,1H3. The smallest absolute Gasteiger partial charge is 0.255 e. The monoisotopic (exact) mass is 314 g/mol. The van der Waals surface area contributed by atoms with Crippen LogP contribution in [0.3, 0.4) is 0 Å². The molecule has 6 heteroatoms. The number of amides is 1. The van der Waals surface area contributed by atoms with E-state index in [1.807, 2.05) is 22.6 Å². The molecule has 1 amide bonds. The van der Waals surface area contributed by atoms with E-state index in [0.717, 1.165) is 36.8 Å². The Morgan fingerprint density at radius 1 is 1.35 bits per heavy atom. The number of imidazole rings is 1. The molecule has 6 nitrogen and oxygen atoms in total. The van der Waals surface area contributed by atoms with Crippen LogP contribution in [-0.2, 0) is 7.05 Å². The third kappa shape index (κ3) is 2.41. The predicted molar refractivity (Wildman–Crippen MR) is 85.9 cm³/mol. The van der Waals surface area contributed by atoms with Crippen LogP contribution in [0.5, 0.6) is 0 Å². The molecule has 23 heavy (non-hydrogen) atoms. The van der Waals surface area contributed by atoms with Crippen molar-refractivity contribution in [3.8, 4) is 0 Å². The van der Waals surface area contributed by atoms with E-state index < -0.39 is 5.60 Å². The van der Waals surface area contributed by atoms with Gasteiger partial charge in [-0.05, 0) is 25.3 Å². The van der Waals surface area contributed by atoms with Crippen LogP contribution in [0.2, 0.25) is 0 Å². The van der Waals surface area contributed by atoms with E-state index in [1.54, 1.807) is 12.5 Å². The number of likely N-dealkylation sites (tertiary alicyclic amines) is 1. The van der Waals surface area contributed by atoms with E-state index in [2.05, 4.69) is 9.97 Å². The van der Waals surface area contributed by atoms with Crippen LogP contribution in [0, 0.1) is 5.92 Å². The molecular formula is C17H22N4O2. The van der Waals surface area contributed by atoms with Gasteiger partial charge in [-0.3, -0.25) is 4.79 Å². The lowest BCUT2D eigenvalue weighted by atomic mass is 9.71. The Morgan fingerprint density at radius 2 is 2.22 bits per heavy atom. The lowest BCUT2D eigenvalue weighted by Crippen LogP contribution is -2.54. The maximum absolute atomic E-state index is 12.8. The Morgan fingerprint density at radius 3 is 3.09 bits per heavy atom. The molecule has 2 aliphatic rings. The van der Waals surface area contributed by atoms with Crippen molar-refractivity contribution >= 4 is 17.1 Å². The van der Waals surface area contributed by atoms with Gasteiger partial charge in [-0.2, -0.15) is 0 Å². The third-order valence-electron chi connectivity index (χ3n) is 5.51. The number of carbonyl (C=O) groups is 1. The summed E-state index contributed by atoms with van der Waals surface area (Å²) in [6.07, 6.45) is 8.16. The van der Waals surface area contributed by atoms with Crippen LogP contribution in [0.25, 0.3) is 11.2 Å². The highest BCUT2D eigenvalue weighted by Gasteiger charge is 2.43. The zero-order valence-electron chi connectivity index (χ0n) is 13.4. The fourth-order valence-corrected chi connectivity index (χ4v) is 4.07. The highest BCUT2D eigenvalue weighted by Crippen LogP contribution is 2.40. The number of rotatable bonds is 1. The van der Waals surface area contributed by atoms with E-state index in [4.69, 9.17) is 0 Å². The van der Waals surface area contributed by atoms with Gasteiger partial charge < -0.3 is 14.6 Å². The fraction of sp³-hybridized carbons (Fsp3) is 0.588. The second kappa shape index (κ2) is 5.30. The van der Waals surface area contributed by atoms with Gasteiger partial charge in [0, 0.05) is 32.3 Å². The summed E-state index contributed by atoms with van der Waals surface area (Å²) in [5.74, 6) is 0.207. The first kappa shape index (κ1) is 14.6. The number of nitrogens with zero attached hydrogens (tertiary/aromatic N) is 4. The van der Waals surface area contributed by atoms with Crippen molar-refractivity contribution < 1.29 is 9.90 Å². The van der Waals surface area contributed by atoms with Crippen molar-refractivity contribution in [2.45, 2.75) is 37.7 Å². The molecule has 1 N–H and O–H groups in total. The van der Waals surface area contributed by atoms with Crippen LogP contribution in [0.1, 0.15) is 42.5 Å². The molecule has 3 heterocycles. The largest absolute Gasteiger partial charge is 0.389 e. The van der Waals surface area contributed by atoms with Crippen molar-refractivity contribution in [1.82, 2.24) is 19.4 Å². The molecule has 0 bridgehead atoms. The van der Waals surface area contributed by atoms with E-state index in [9.17, 15) is 9.90 Å². The first-order valence-electron chi connectivity index (χ1n) is 8.35. The second-order valence-electron chi connectivity index (χ2n) is 6.97. The topological polar surface area (TPSA) is 71.2 Å². The van der Waals surface area contributed by atoms with Crippen LogP contribution >= 0.6 is 0 Å². The van der Waals surface area contributed by atoms with Gasteiger partial charge >= 0.3 is 0 Å². The zero-order chi connectivity index (χ0) is 16.0. The number of piperidine rings is 1. The van der Waals surface area contributed by atoms with Crippen LogP contribution in [0.4, 0.5) is 0 Å². The molecule has 2 fully saturated rings. The summed E-state index contributed by atoms with van der Waals surface area (Å²) in [4.78, 5) is 23.3. The van der Waals surface area contributed by atoms with Crippen molar-refractivity contribution in [3.63, 3.8) is 0 Å². The zero-order valence-corrected chi connectivity index (χ0v) is 13.4. The molecule has 0 aromatic carbocycles. The minimum atomic E-state index is -0.557. The molecule has 2 atom stereocenters. The number of carbonyl (C=O) groups excluding carboxylic acids is 1. The summed E-state index contributed by atoms with van der Waals surface area (Å²) in [5, 5.41) is 10.7. The summed E-state index contributed by atoms with van der Waals surface area (Å²) in [7, 11) is 1.89. The highest BCUT2D eigenvalue weighted by atomic mass is 16.3.